The standard InChI is InChI=1S/C22H24N2O3/c1-26-20-12-18-19(13-21(20)27-14-16-8-4-2-5-9-16)23-15-24(22(18)25)17-10-6-3-7-11-17/h2,4-5,8-9,12-13,15,17H,3,6-7,10-11,14H2,1H3. The number of rotatable bonds is 5. The molecule has 2 aromatic carbocycles. The van der Waals surface area contributed by atoms with Crippen LogP contribution in [0.1, 0.15) is 43.7 Å². The van der Waals surface area contributed by atoms with Gasteiger partial charge in [0.25, 0.3) is 5.56 Å². The van der Waals surface area contributed by atoms with Gasteiger partial charge in [0.1, 0.15) is 6.61 Å². The molecule has 0 aliphatic heterocycles. The lowest BCUT2D eigenvalue weighted by molar-refractivity contribution is 0.285. The Morgan fingerprint density at radius 1 is 1.07 bits per heavy atom. The van der Waals surface area contributed by atoms with Gasteiger partial charge in [0.05, 0.1) is 24.3 Å². The Hall–Kier alpha value is -2.82. The maximum Gasteiger partial charge on any atom is 0.261 e. The van der Waals surface area contributed by atoms with E-state index in [0.717, 1.165) is 18.4 Å². The van der Waals surface area contributed by atoms with Gasteiger partial charge in [-0.1, -0.05) is 49.6 Å². The van der Waals surface area contributed by atoms with Crippen LogP contribution in [0, 0.1) is 0 Å². The highest BCUT2D eigenvalue weighted by atomic mass is 16.5. The van der Waals surface area contributed by atoms with Crippen LogP contribution >= 0.6 is 0 Å². The van der Waals surface area contributed by atoms with Crippen LogP contribution in [-0.2, 0) is 6.61 Å². The number of benzene rings is 2. The molecule has 0 amide bonds. The second kappa shape index (κ2) is 7.82. The van der Waals surface area contributed by atoms with E-state index in [1.54, 1.807) is 30.1 Å². The summed E-state index contributed by atoms with van der Waals surface area (Å²) >= 11 is 0. The lowest BCUT2D eigenvalue weighted by Crippen LogP contribution is -2.26. The third-order valence-corrected chi connectivity index (χ3v) is 5.27. The normalized spacial score (nSPS) is 15.0. The van der Waals surface area contributed by atoms with Crippen LogP contribution in [0.15, 0.2) is 53.6 Å². The monoisotopic (exact) mass is 364 g/mol. The molecule has 27 heavy (non-hydrogen) atoms. The first-order chi connectivity index (χ1) is 13.3. The minimum atomic E-state index is -0.000177. The van der Waals surface area contributed by atoms with E-state index >= 15 is 0 Å². The van der Waals surface area contributed by atoms with Gasteiger partial charge in [-0.05, 0) is 24.5 Å². The number of methoxy groups -OCH3 is 1. The molecule has 0 unspecified atom stereocenters. The molecule has 0 saturated heterocycles. The Morgan fingerprint density at radius 3 is 2.59 bits per heavy atom. The van der Waals surface area contributed by atoms with Crippen molar-refractivity contribution >= 4 is 10.9 Å². The van der Waals surface area contributed by atoms with E-state index in [9.17, 15) is 4.79 Å². The number of hydrogen-bond acceptors (Lipinski definition) is 4. The minimum Gasteiger partial charge on any atom is -0.493 e. The maximum atomic E-state index is 13.0. The van der Waals surface area contributed by atoms with Crippen molar-refractivity contribution in [2.75, 3.05) is 7.11 Å². The zero-order valence-corrected chi connectivity index (χ0v) is 15.6. The third-order valence-electron chi connectivity index (χ3n) is 5.27. The van der Waals surface area contributed by atoms with Crippen molar-refractivity contribution in [3.63, 3.8) is 0 Å². The van der Waals surface area contributed by atoms with Crippen LogP contribution in [-0.4, -0.2) is 16.7 Å². The Bertz CT molecular complexity index is 976. The Balaban J connectivity index is 1.67. The third kappa shape index (κ3) is 3.68. The number of nitrogens with zero attached hydrogens (tertiary/aromatic N) is 2. The first kappa shape index (κ1) is 17.6. The topological polar surface area (TPSA) is 53.4 Å². The highest BCUT2D eigenvalue weighted by Gasteiger charge is 2.19. The first-order valence-corrected chi connectivity index (χ1v) is 9.52. The summed E-state index contributed by atoms with van der Waals surface area (Å²) in [6, 6.07) is 13.7. The molecule has 5 heteroatoms. The van der Waals surface area contributed by atoms with Crippen molar-refractivity contribution in [3.8, 4) is 11.5 Å². The molecule has 0 spiro atoms. The van der Waals surface area contributed by atoms with Crippen LogP contribution in [0.25, 0.3) is 10.9 Å². The predicted molar refractivity (Wildman–Crippen MR) is 105 cm³/mol. The molecule has 1 aliphatic carbocycles. The molecule has 1 aliphatic rings. The fourth-order valence-corrected chi connectivity index (χ4v) is 3.77. The number of ether oxygens (including phenoxy) is 2. The van der Waals surface area contributed by atoms with Crippen LogP contribution in [0.2, 0.25) is 0 Å². The average Bonchev–Trinajstić information content (AvgIpc) is 2.73. The van der Waals surface area contributed by atoms with Crippen molar-refractivity contribution in [2.24, 2.45) is 0 Å². The molecular formula is C22H24N2O3. The summed E-state index contributed by atoms with van der Waals surface area (Å²) in [5.74, 6) is 1.15. The molecule has 1 fully saturated rings. The van der Waals surface area contributed by atoms with E-state index in [1.807, 2.05) is 30.3 Å². The molecule has 0 bridgehead atoms. The van der Waals surface area contributed by atoms with Crippen molar-refractivity contribution < 1.29 is 9.47 Å². The Kier molecular flexibility index (Phi) is 5.10. The molecule has 0 atom stereocenters. The summed E-state index contributed by atoms with van der Waals surface area (Å²) in [7, 11) is 1.59. The Morgan fingerprint density at radius 2 is 1.85 bits per heavy atom. The van der Waals surface area contributed by atoms with Gasteiger partial charge < -0.3 is 9.47 Å². The fraction of sp³-hybridized carbons (Fsp3) is 0.364. The van der Waals surface area contributed by atoms with Crippen molar-refractivity contribution in [1.82, 2.24) is 9.55 Å². The summed E-state index contributed by atoms with van der Waals surface area (Å²) in [4.78, 5) is 17.5. The summed E-state index contributed by atoms with van der Waals surface area (Å²) in [5.41, 5.74) is 1.70. The number of aromatic nitrogens is 2. The first-order valence-electron chi connectivity index (χ1n) is 9.52. The average molecular weight is 364 g/mol. The van der Waals surface area contributed by atoms with Crippen LogP contribution in [0.4, 0.5) is 0 Å². The maximum absolute atomic E-state index is 13.0. The van der Waals surface area contributed by atoms with Crippen molar-refractivity contribution in [2.45, 2.75) is 44.8 Å². The van der Waals surface area contributed by atoms with Gasteiger partial charge in [-0.15, -0.1) is 0 Å². The number of fused-ring (bicyclic) bond motifs is 1. The van der Waals surface area contributed by atoms with Crippen LogP contribution in [0.5, 0.6) is 11.5 Å². The highest BCUT2D eigenvalue weighted by Crippen LogP contribution is 2.32. The molecule has 4 rings (SSSR count). The summed E-state index contributed by atoms with van der Waals surface area (Å²) in [6.07, 6.45) is 7.37. The zero-order chi connectivity index (χ0) is 18.6. The second-order valence-corrected chi connectivity index (χ2v) is 7.04. The molecule has 0 radical (unpaired) electrons. The van der Waals surface area contributed by atoms with Gasteiger partial charge in [0.15, 0.2) is 11.5 Å². The summed E-state index contributed by atoms with van der Waals surface area (Å²) in [5, 5.41) is 0.576. The van der Waals surface area contributed by atoms with E-state index in [-0.39, 0.29) is 11.6 Å². The molecule has 5 nitrogen and oxygen atoms in total. The van der Waals surface area contributed by atoms with Crippen LogP contribution in [0.3, 0.4) is 0 Å². The molecule has 1 heterocycles. The van der Waals surface area contributed by atoms with Gasteiger partial charge >= 0.3 is 0 Å². The van der Waals surface area contributed by atoms with Crippen LogP contribution < -0.4 is 15.0 Å². The molecule has 0 N–H and O–H groups in total. The zero-order valence-electron chi connectivity index (χ0n) is 15.6. The number of hydrogen-bond donors (Lipinski definition) is 0. The van der Waals surface area contributed by atoms with Crippen molar-refractivity contribution in [1.29, 1.82) is 0 Å². The molecular weight excluding hydrogens is 340 g/mol. The highest BCUT2D eigenvalue weighted by molar-refractivity contribution is 5.81. The SMILES string of the molecule is COc1cc2c(=O)n(C3CCCCC3)cnc2cc1OCc1ccccc1. The molecule has 1 aromatic heterocycles. The van der Waals surface area contributed by atoms with Crippen molar-refractivity contribution in [3.05, 3.63) is 64.7 Å². The lowest BCUT2D eigenvalue weighted by Gasteiger charge is -2.23. The summed E-state index contributed by atoms with van der Waals surface area (Å²) < 4.78 is 13.2. The largest absolute Gasteiger partial charge is 0.493 e. The predicted octanol–water partition coefficient (Wildman–Crippen LogP) is 4.49. The van der Waals surface area contributed by atoms with Gasteiger partial charge in [0.2, 0.25) is 0 Å². The van der Waals surface area contributed by atoms with Gasteiger partial charge in [-0.25, -0.2) is 4.98 Å². The molecule has 1 saturated carbocycles. The van der Waals surface area contributed by atoms with E-state index in [2.05, 4.69) is 4.98 Å². The van der Waals surface area contributed by atoms with Gasteiger partial charge in [0, 0.05) is 12.1 Å². The smallest absolute Gasteiger partial charge is 0.261 e. The van der Waals surface area contributed by atoms with E-state index in [1.165, 1.54) is 19.3 Å². The van der Waals surface area contributed by atoms with E-state index in [4.69, 9.17) is 9.47 Å². The van der Waals surface area contributed by atoms with Gasteiger partial charge in [-0.2, -0.15) is 0 Å². The quantitative estimate of drug-likeness (QED) is 0.669. The summed E-state index contributed by atoms with van der Waals surface area (Å²) in [6.45, 7) is 0.432. The fourth-order valence-electron chi connectivity index (χ4n) is 3.77. The molecule has 140 valence electrons. The van der Waals surface area contributed by atoms with E-state index in [0.29, 0.717) is 29.0 Å². The van der Waals surface area contributed by atoms with Gasteiger partial charge in [-0.3, -0.25) is 9.36 Å². The Labute approximate surface area is 158 Å². The molecule has 3 aromatic rings. The van der Waals surface area contributed by atoms with E-state index < -0.39 is 0 Å². The second-order valence-electron chi connectivity index (χ2n) is 7.04. The lowest BCUT2D eigenvalue weighted by atomic mass is 9.95. The minimum absolute atomic E-state index is 0.000177.